The highest BCUT2D eigenvalue weighted by Gasteiger charge is 2.37. The fourth-order valence-corrected chi connectivity index (χ4v) is 3.67. The third-order valence-corrected chi connectivity index (χ3v) is 4.64. The van der Waals surface area contributed by atoms with Crippen molar-refractivity contribution in [3.8, 4) is 6.07 Å². The second-order valence-corrected chi connectivity index (χ2v) is 7.01. The SMILES string of the molecule is CC(C)(C)C1CCCCC1c1nc(C#N)nc2nc[nH]c12. The molecule has 2 heterocycles. The van der Waals surface area contributed by atoms with Crippen LogP contribution in [0.5, 0.6) is 0 Å². The van der Waals surface area contributed by atoms with Crippen LogP contribution < -0.4 is 0 Å². The van der Waals surface area contributed by atoms with E-state index in [2.05, 4.69) is 46.8 Å². The lowest BCUT2D eigenvalue weighted by Gasteiger charge is -2.40. The molecule has 5 heteroatoms. The summed E-state index contributed by atoms with van der Waals surface area (Å²) in [5, 5.41) is 9.17. The van der Waals surface area contributed by atoms with E-state index in [4.69, 9.17) is 0 Å². The molecule has 1 aliphatic carbocycles. The number of nitriles is 1. The van der Waals surface area contributed by atoms with Gasteiger partial charge in [-0.2, -0.15) is 10.2 Å². The number of hydrogen-bond donors (Lipinski definition) is 1. The Morgan fingerprint density at radius 2 is 2.00 bits per heavy atom. The third-order valence-electron chi connectivity index (χ3n) is 4.64. The van der Waals surface area contributed by atoms with E-state index in [0.717, 1.165) is 17.6 Å². The van der Waals surface area contributed by atoms with E-state index in [0.29, 0.717) is 17.5 Å². The molecular formula is C16H21N5. The van der Waals surface area contributed by atoms with Crippen molar-refractivity contribution in [1.82, 2.24) is 19.9 Å². The van der Waals surface area contributed by atoms with Gasteiger partial charge in [0, 0.05) is 5.92 Å². The first-order valence-electron chi connectivity index (χ1n) is 7.62. The average molecular weight is 283 g/mol. The summed E-state index contributed by atoms with van der Waals surface area (Å²) in [7, 11) is 0. The maximum atomic E-state index is 9.17. The summed E-state index contributed by atoms with van der Waals surface area (Å²) in [6.45, 7) is 6.89. The number of aromatic nitrogens is 4. The third kappa shape index (κ3) is 2.51. The van der Waals surface area contributed by atoms with Crippen LogP contribution in [-0.4, -0.2) is 19.9 Å². The van der Waals surface area contributed by atoms with Gasteiger partial charge in [-0.3, -0.25) is 0 Å². The van der Waals surface area contributed by atoms with E-state index in [1.165, 1.54) is 19.3 Å². The summed E-state index contributed by atoms with van der Waals surface area (Å²) in [6, 6.07) is 2.07. The van der Waals surface area contributed by atoms with Gasteiger partial charge >= 0.3 is 0 Å². The lowest BCUT2D eigenvalue weighted by atomic mass is 9.65. The normalized spacial score (nSPS) is 23.1. The predicted octanol–water partition coefficient (Wildman–Crippen LogP) is 3.54. The lowest BCUT2D eigenvalue weighted by molar-refractivity contribution is 0.149. The predicted molar refractivity (Wildman–Crippen MR) is 80.6 cm³/mol. The zero-order valence-electron chi connectivity index (χ0n) is 12.8. The van der Waals surface area contributed by atoms with Crippen molar-refractivity contribution in [2.45, 2.75) is 52.4 Å². The van der Waals surface area contributed by atoms with Crippen LogP contribution in [0.2, 0.25) is 0 Å². The fraction of sp³-hybridized carbons (Fsp3) is 0.625. The molecule has 0 spiro atoms. The van der Waals surface area contributed by atoms with Gasteiger partial charge in [0.1, 0.15) is 11.6 Å². The highest BCUT2D eigenvalue weighted by molar-refractivity contribution is 5.73. The van der Waals surface area contributed by atoms with Crippen molar-refractivity contribution in [2.75, 3.05) is 0 Å². The summed E-state index contributed by atoms with van der Waals surface area (Å²) in [6.07, 6.45) is 6.48. The Bertz CT molecular complexity index is 689. The van der Waals surface area contributed by atoms with Crippen molar-refractivity contribution in [2.24, 2.45) is 11.3 Å². The number of H-pyrrole nitrogens is 1. The number of hydrogen-bond acceptors (Lipinski definition) is 4. The number of fused-ring (bicyclic) bond motifs is 1. The summed E-state index contributed by atoms with van der Waals surface area (Å²) in [5.74, 6) is 1.17. The zero-order valence-corrected chi connectivity index (χ0v) is 12.8. The molecule has 1 saturated carbocycles. The summed E-state index contributed by atoms with van der Waals surface area (Å²) < 4.78 is 0. The van der Waals surface area contributed by atoms with Gasteiger partial charge in [-0.15, -0.1) is 0 Å². The Morgan fingerprint density at radius 1 is 1.24 bits per heavy atom. The van der Waals surface area contributed by atoms with E-state index >= 15 is 0 Å². The van der Waals surface area contributed by atoms with Crippen molar-refractivity contribution >= 4 is 11.2 Å². The number of rotatable bonds is 1. The van der Waals surface area contributed by atoms with Crippen molar-refractivity contribution in [1.29, 1.82) is 5.26 Å². The molecule has 110 valence electrons. The van der Waals surface area contributed by atoms with E-state index in [-0.39, 0.29) is 11.2 Å². The highest BCUT2D eigenvalue weighted by atomic mass is 15.0. The van der Waals surface area contributed by atoms with Gasteiger partial charge in [0.05, 0.1) is 12.0 Å². The molecule has 0 aliphatic heterocycles. The van der Waals surface area contributed by atoms with Gasteiger partial charge in [-0.1, -0.05) is 33.6 Å². The van der Waals surface area contributed by atoms with Gasteiger partial charge in [0.15, 0.2) is 5.65 Å². The molecule has 3 rings (SSSR count). The minimum atomic E-state index is 0.225. The number of nitrogens with zero attached hydrogens (tertiary/aromatic N) is 4. The molecular weight excluding hydrogens is 262 g/mol. The standard InChI is InChI=1S/C16H21N5/c1-16(2,3)11-7-5-4-6-10(11)13-14-15(19-9-18-14)21-12(8-17)20-13/h9-11H,4-7H2,1-3H3,(H,18,19,20,21). The van der Waals surface area contributed by atoms with Crippen LogP contribution in [0.25, 0.3) is 11.2 Å². The molecule has 1 aliphatic rings. The van der Waals surface area contributed by atoms with Crippen molar-refractivity contribution < 1.29 is 0 Å². The number of aromatic amines is 1. The largest absolute Gasteiger partial charge is 0.342 e. The molecule has 0 amide bonds. The Hall–Kier alpha value is -1.96. The van der Waals surface area contributed by atoms with E-state index in [1.54, 1.807) is 6.33 Å². The van der Waals surface area contributed by atoms with Crippen LogP contribution in [0.4, 0.5) is 0 Å². The van der Waals surface area contributed by atoms with E-state index in [9.17, 15) is 5.26 Å². The minimum Gasteiger partial charge on any atom is -0.342 e. The summed E-state index contributed by atoms with van der Waals surface area (Å²) >= 11 is 0. The highest BCUT2D eigenvalue weighted by Crippen LogP contribution is 2.47. The van der Waals surface area contributed by atoms with Gasteiger partial charge < -0.3 is 4.98 Å². The average Bonchev–Trinajstić information content (AvgIpc) is 2.93. The van der Waals surface area contributed by atoms with Crippen molar-refractivity contribution in [3.63, 3.8) is 0 Å². The fourth-order valence-electron chi connectivity index (χ4n) is 3.67. The minimum absolute atomic E-state index is 0.225. The van der Waals surface area contributed by atoms with Crippen LogP contribution in [0.15, 0.2) is 6.33 Å². The maximum Gasteiger partial charge on any atom is 0.234 e. The molecule has 5 nitrogen and oxygen atoms in total. The Balaban J connectivity index is 2.13. The molecule has 1 fully saturated rings. The second-order valence-electron chi connectivity index (χ2n) is 7.01. The number of imidazole rings is 1. The van der Waals surface area contributed by atoms with Gasteiger partial charge in [0.25, 0.3) is 0 Å². The van der Waals surface area contributed by atoms with Gasteiger partial charge in [-0.25, -0.2) is 9.97 Å². The topological polar surface area (TPSA) is 78.2 Å². The summed E-state index contributed by atoms with van der Waals surface area (Å²) in [4.78, 5) is 16.1. The Labute approximate surface area is 124 Å². The lowest BCUT2D eigenvalue weighted by Crippen LogP contribution is -2.30. The quantitative estimate of drug-likeness (QED) is 0.868. The van der Waals surface area contributed by atoms with Gasteiger partial charge in [0.2, 0.25) is 5.82 Å². The van der Waals surface area contributed by atoms with E-state index < -0.39 is 0 Å². The second kappa shape index (κ2) is 5.10. The van der Waals surface area contributed by atoms with Crippen LogP contribution in [0.3, 0.4) is 0 Å². The smallest absolute Gasteiger partial charge is 0.234 e. The molecule has 2 unspecified atom stereocenters. The molecule has 0 saturated heterocycles. The molecule has 0 aromatic carbocycles. The molecule has 0 bridgehead atoms. The Morgan fingerprint density at radius 3 is 2.71 bits per heavy atom. The molecule has 2 aromatic heterocycles. The molecule has 2 aromatic rings. The van der Waals surface area contributed by atoms with Gasteiger partial charge in [-0.05, 0) is 24.2 Å². The van der Waals surface area contributed by atoms with Crippen molar-refractivity contribution in [3.05, 3.63) is 17.8 Å². The first-order valence-corrected chi connectivity index (χ1v) is 7.62. The maximum absolute atomic E-state index is 9.17. The van der Waals surface area contributed by atoms with Crippen LogP contribution in [0.1, 0.15) is 63.9 Å². The first-order chi connectivity index (χ1) is 10.0. The van der Waals surface area contributed by atoms with E-state index in [1.807, 2.05) is 0 Å². The van der Waals surface area contributed by atoms with Crippen LogP contribution in [0, 0.1) is 22.7 Å². The molecule has 1 N–H and O–H groups in total. The first kappa shape index (κ1) is 14.0. The molecule has 21 heavy (non-hydrogen) atoms. The summed E-state index contributed by atoms with van der Waals surface area (Å²) in [5.41, 5.74) is 2.72. The molecule has 2 atom stereocenters. The zero-order chi connectivity index (χ0) is 15.0. The number of nitrogens with one attached hydrogen (secondary N) is 1. The molecule has 0 radical (unpaired) electrons. The monoisotopic (exact) mass is 283 g/mol. The van der Waals surface area contributed by atoms with Crippen LogP contribution in [-0.2, 0) is 0 Å². The van der Waals surface area contributed by atoms with Crippen LogP contribution >= 0.6 is 0 Å². The Kier molecular flexibility index (Phi) is 3.40.